The van der Waals surface area contributed by atoms with Crippen LogP contribution in [0.3, 0.4) is 0 Å². The molecule has 4 rings (SSSR count). The van der Waals surface area contributed by atoms with Gasteiger partial charge in [-0.25, -0.2) is 4.67 Å². The highest BCUT2D eigenvalue weighted by Gasteiger charge is 2.43. The Labute approximate surface area is 305 Å². The first-order valence-corrected chi connectivity index (χ1v) is 18.8. The highest BCUT2D eigenvalue weighted by atomic mass is 31.2. The molecule has 1 saturated heterocycles. The predicted molar refractivity (Wildman–Crippen MR) is 201 cm³/mol. The molecule has 1 fully saturated rings. The average molecular weight is 714 g/mol. The minimum atomic E-state index is -1.49. The molecule has 3 aromatic carbocycles. The standard InChI is InChI=1S/C41H52N3O6P/c1-8-9-11-17-40(45)43-29-39(50-51(49-27-14-26-42)44(31(2)3)32(4)5)28-36(43)30-48-41(33-15-12-10-13-16-33,34-18-22-37(46-6)23-19-34)35-20-24-38(47-7)25-21-35/h1,10,12-13,15-16,18-25,31-32,36,39H,9,11,14,17,27-30H2,2-7H3/t36-,39+,51?/m0/s1. The second-order valence-corrected chi connectivity index (χ2v) is 14.5. The third-order valence-corrected chi connectivity index (χ3v) is 11.2. The lowest BCUT2D eigenvalue weighted by molar-refractivity contribution is -0.134. The monoisotopic (exact) mass is 713 g/mol. The van der Waals surface area contributed by atoms with E-state index in [4.69, 9.17) is 29.7 Å². The number of methoxy groups -OCH3 is 2. The van der Waals surface area contributed by atoms with Gasteiger partial charge in [-0.05, 0) is 81.5 Å². The van der Waals surface area contributed by atoms with Crippen LogP contribution >= 0.6 is 8.53 Å². The third kappa shape index (κ3) is 10.1. The minimum absolute atomic E-state index is 0.0171. The molecule has 0 radical (unpaired) electrons. The van der Waals surface area contributed by atoms with Gasteiger partial charge in [0.25, 0.3) is 8.53 Å². The maximum Gasteiger partial charge on any atom is 0.259 e. The van der Waals surface area contributed by atoms with Crippen LogP contribution in [0.2, 0.25) is 0 Å². The van der Waals surface area contributed by atoms with Crippen molar-refractivity contribution in [1.29, 1.82) is 5.26 Å². The Morgan fingerprint density at radius 3 is 2.00 bits per heavy atom. The summed E-state index contributed by atoms with van der Waals surface area (Å²) in [7, 11) is 1.80. The topological polar surface area (TPSA) is 93.5 Å². The zero-order chi connectivity index (χ0) is 36.8. The van der Waals surface area contributed by atoms with Crippen molar-refractivity contribution in [1.82, 2.24) is 9.57 Å². The van der Waals surface area contributed by atoms with Gasteiger partial charge >= 0.3 is 0 Å². The van der Waals surface area contributed by atoms with Crippen LogP contribution in [-0.2, 0) is 24.2 Å². The number of rotatable bonds is 19. The third-order valence-electron chi connectivity index (χ3n) is 8.98. The van der Waals surface area contributed by atoms with Crippen LogP contribution in [-0.4, -0.2) is 73.7 Å². The predicted octanol–water partition coefficient (Wildman–Crippen LogP) is 8.08. The fourth-order valence-electron chi connectivity index (χ4n) is 6.62. The molecule has 0 aromatic heterocycles. The van der Waals surface area contributed by atoms with E-state index in [0.29, 0.717) is 32.2 Å². The van der Waals surface area contributed by atoms with Crippen LogP contribution in [0.25, 0.3) is 0 Å². The van der Waals surface area contributed by atoms with E-state index < -0.39 is 14.1 Å². The molecule has 51 heavy (non-hydrogen) atoms. The van der Waals surface area contributed by atoms with Crippen LogP contribution < -0.4 is 9.47 Å². The Morgan fingerprint density at radius 1 is 0.922 bits per heavy atom. The van der Waals surface area contributed by atoms with E-state index in [1.165, 1.54) is 0 Å². The van der Waals surface area contributed by atoms with Gasteiger partial charge in [0.15, 0.2) is 0 Å². The first kappa shape index (κ1) is 39.8. The fourth-order valence-corrected chi connectivity index (χ4v) is 8.33. The molecule has 10 heteroatoms. The van der Waals surface area contributed by atoms with E-state index in [1.807, 2.05) is 71.6 Å². The number of benzene rings is 3. The summed E-state index contributed by atoms with van der Waals surface area (Å²) in [6.45, 7) is 9.35. The molecular formula is C41H52N3O6P. The van der Waals surface area contributed by atoms with E-state index >= 15 is 0 Å². The lowest BCUT2D eigenvalue weighted by atomic mass is 9.80. The van der Waals surface area contributed by atoms with Gasteiger partial charge in [0, 0.05) is 31.5 Å². The van der Waals surface area contributed by atoms with Gasteiger partial charge in [0.05, 0.1) is 52.1 Å². The van der Waals surface area contributed by atoms with Gasteiger partial charge in [-0.3, -0.25) is 4.79 Å². The average Bonchev–Trinajstić information content (AvgIpc) is 3.55. The Kier molecular flexibility index (Phi) is 15.3. The summed E-state index contributed by atoms with van der Waals surface area (Å²) in [4.78, 5) is 15.7. The molecule has 3 atom stereocenters. The zero-order valence-corrected chi connectivity index (χ0v) is 31.7. The number of unbranched alkanes of at least 4 members (excludes halogenated alkanes) is 1. The molecule has 1 heterocycles. The first-order chi connectivity index (χ1) is 24.7. The van der Waals surface area contributed by atoms with Gasteiger partial charge in [0.1, 0.15) is 17.1 Å². The first-order valence-electron chi connectivity index (χ1n) is 17.6. The van der Waals surface area contributed by atoms with Crippen molar-refractivity contribution in [3.63, 3.8) is 0 Å². The number of hydrogen-bond donors (Lipinski definition) is 0. The molecule has 272 valence electrons. The summed E-state index contributed by atoms with van der Waals surface area (Å²) in [6.07, 6.45) is 7.54. The Hall–Kier alpha value is -3.95. The number of ether oxygens (including phenoxy) is 3. The number of carbonyl (C=O) groups excluding carboxylic acids is 1. The van der Waals surface area contributed by atoms with Gasteiger partial charge < -0.3 is 28.2 Å². The van der Waals surface area contributed by atoms with Crippen LogP contribution in [0.4, 0.5) is 0 Å². The molecule has 0 bridgehead atoms. The molecule has 0 spiro atoms. The Morgan fingerprint density at radius 2 is 1.49 bits per heavy atom. The van der Waals surface area contributed by atoms with Crippen LogP contribution in [0, 0.1) is 23.7 Å². The van der Waals surface area contributed by atoms with Gasteiger partial charge in [-0.15, -0.1) is 12.3 Å². The number of likely N-dealkylation sites (tertiary alicyclic amines) is 1. The Bertz CT molecular complexity index is 1530. The summed E-state index contributed by atoms with van der Waals surface area (Å²) >= 11 is 0. The van der Waals surface area contributed by atoms with Crippen molar-refractivity contribution in [2.45, 2.75) is 89.6 Å². The molecule has 0 N–H and O–H groups in total. The van der Waals surface area contributed by atoms with E-state index in [0.717, 1.165) is 28.2 Å². The number of amides is 1. The maximum atomic E-state index is 13.8. The van der Waals surface area contributed by atoms with E-state index in [1.54, 1.807) is 14.2 Å². The van der Waals surface area contributed by atoms with Gasteiger partial charge in [-0.2, -0.15) is 5.26 Å². The lowest BCUT2D eigenvalue weighted by Crippen LogP contribution is -2.42. The second-order valence-electron chi connectivity index (χ2n) is 13.1. The molecule has 3 aromatic rings. The summed E-state index contributed by atoms with van der Waals surface area (Å²) in [5.41, 5.74) is 1.74. The number of hydrogen-bond acceptors (Lipinski definition) is 8. The van der Waals surface area contributed by atoms with Gasteiger partial charge in [0.2, 0.25) is 5.91 Å². The smallest absolute Gasteiger partial charge is 0.259 e. The largest absolute Gasteiger partial charge is 0.497 e. The van der Waals surface area contributed by atoms with Crippen LogP contribution in [0.15, 0.2) is 78.9 Å². The molecule has 0 aliphatic carbocycles. The van der Waals surface area contributed by atoms with Crippen molar-refractivity contribution in [3.05, 3.63) is 95.6 Å². The SMILES string of the molecule is C#CCCCC(=O)N1C[C@H](OP(OCCC#N)N(C(C)C)C(C)C)C[C@H]1COC(c1ccccc1)(c1ccc(OC)cc1)c1ccc(OC)cc1. The lowest BCUT2D eigenvalue weighted by Gasteiger charge is -2.38. The fraction of sp³-hybridized carbons (Fsp3) is 0.463. The second kappa shape index (κ2) is 19.6. The van der Waals surface area contributed by atoms with Crippen LogP contribution in [0.5, 0.6) is 11.5 Å². The quantitative estimate of drug-likeness (QED) is 0.0533. The highest BCUT2D eigenvalue weighted by molar-refractivity contribution is 7.44. The van der Waals surface area contributed by atoms with Crippen molar-refractivity contribution in [2.24, 2.45) is 0 Å². The summed E-state index contributed by atoms with van der Waals surface area (Å²) in [5, 5.41) is 9.20. The van der Waals surface area contributed by atoms with Gasteiger partial charge in [-0.1, -0.05) is 54.6 Å². The number of nitrogens with zero attached hydrogens (tertiary/aromatic N) is 3. The minimum Gasteiger partial charge on any atom is -0.497 e. The number of nitriles is 1. The molecular weight excluding hydrogens is 661 g/mol. The summed E-state index contributed by atoms with van der Waals surface area (Å²) in [6, 6.07) is 28.2. The number of carbonyl (C=O) groups is 1. The maximum absolute atomic E-state index is 13.8. The highest BCUT2D eigenvalue weighted by Crippen LogP contribution is 2.49. The van der Waals surface area contributed by atoms with E-state index in [2.05, 4.69) is 56.5 Å². The van der Waals surface area contributed by atoms with Crippen molar-refractivity contribution < 1.29 is 28.1 Å². The zero-order valence-electron chi connectivity index (χ0n) is 30.8. The normalized spacial score (nSPS) is 16.6. The summed E-state index contributed by atoms with van der Waals surface area (Å²) in [5.74, 6) is 4.14. The van der Waals surface area contributed by atoms with Crippen molar-refractivity contribution in [3.8, 4) is 29.9 Å². The molecule has 1 unspecified atom stereocenters. The molecule has 1 amide bonds. The molecule has 9 nitrogen and oxygen atoms in total. The molecule has 0 saturated carbocycles. The summed E-state index contributed by atoms with van der Waals surface area (Å²) < 4.78 is 33.5. The van der Waals surface area contributed by atoms with Crippen molar-refractivity contribution >= 4 is 14.4 Å². The van der Waals surface area contributed by atoms with E-state index in [9.17, 15) is 10.1 Å². The Balaban J connectivity index is 1.73. The molecule has 1 aliphatic rings. The van der Waals surface area contributed by atoms with E-state index in [-0.39, 0.29) is 49.8 Å². The van der Waals surface area contributed by atoms with Crippen molar-refractivity contribution in [2.75, 3.05) is 34.0 Å². The number of terminal acetylenes is 1. The van der Waals surface area contributed by atoms with Crippen LogP contribution in [0.1, 0.15) is 76.5 Å². The molecule has 1 aliphatic heterocycles.